The fraction of sp³-hybridized carbons (Fsp3) is 0.286. The summed E-state index contributed by atoms with van der Waals surface area (Å²) < 4.78 is 1.90. The molecule has 246 valence electrons. The number of carbonyl (C=O) groups excluding carboxylic acids is 4. The minimum Gasteiger partial charge on any atom is -0.350 e. The monoisotopic (exact) mass is 638 g/mol. The Morgan fingerprint density at radius 1 is 0.787 bits per heavy atom. The zero-order valence-corrected chi connectivity index (χ0v) is 26.3. The number of benzene rings is 3. The van der Waals surface area contributed by atoms with Crippen LogP contribution in [0.25, 0.3) is 0 Å². The quantitative estimate of drug-likeness (QED) is 0.106. The molecule has 2 atom stereocenters. The van der Waals surface area contributed by atoms with E-state index in [0.717, 1.165) is 11.1 Å². The van der Waals surface area contributed by atoms with Crippen molar-refractivity contribution in [3.63, 3.8) is 0 Å². The molecule has 1 heterocycles. The molecule has 0 fully saturated rings. The molecule has 12 nitrogen and oxygen atoms in total. The van der Waals surface area contributed by atoms with Crippen LogP contribution in [-0.4, -0.2) is 76.2 Å². The molecular formula is C35H42N8O4. The largest absolute Gasteiger partial charge is 0.350 e. The van der Waals surface area contributed by atoms with Crippen molar-refractivity contribution in [2.75, 3.05) is 26.2 Å². The van der Waals surface area contributed by atoms with Gasteiger partial charge in [0.2, 0.25) is 17.7 Å². The molecule has 0 saturated heterocycles. The first-order chi connectivity index (χ1) is 22.8. The summed E-state index contributed by atoms with van der Waals surface area (Å²) in [5, 5.41) is 5.59. The van der Waals surface area contributed by atoms with Gasteiger partial charge in [0.25, 0.3) is 0 Å². The van der Waals surface area contributed by atoms with Crippen molar-refractivity contribution in [2.45, 2.75) is 38.0 Å². The summed E-state index contributed by atoms with van der Waals surface area (Å²) in [5.41, 5.74) is 20.9. The third-order valence-corrected chi connectivity index (χ3v) is 7.54. The van der Waals surface area contributed by atoms with Gasteiger partial charge >= 0.3 is 0 Å². The molecule has 0 aliphatic rings. The van der Waals surface area contributed by atoms with Gasteiger partial charge in [-0.05, 0) is 11.1 Å². The van der Waals surface area contributed by atoms with Crippen molar-refractivity contribution in [3.8, 4) is 0 Å². The van der Waals surface area contributed by atoms with Crippen LogP contribution in [0.5, 0.6) is 0 Å². The molecule has 3 aromatic carbocycles. The highest BCUT2D eigenvalue weighted by molar-refractivity contribution is 6.08. The molecule has 0 radical (unpaired) electrons. The first-order valence-electron chi connectivity index (χ1n) is 15.5. The lowest BCUT2D eigenvalue weighted by atomic mass is 10.0. The van der Waals surface area contributed by atoms with Crippen LogP contribution in [0.15, 0.2) is 97.5 Å². The molecule has 4 rings (SSSR count). The fourth-order valence-electron chi connectivity index (χ4n) is 5.02. The van der Waals surface area contributed by atoms with Crippen LogP contribution in [0.3, 0.4) is 0 Å². The van der Waals surface area contributed by atoms with E-state index >= 15 is 0 Å². The SMILES string of the molecule is NCCN(CCN)C(=O)CC(N)C(=O)NC(Cc1cn(Cc2ccccc2)cn1)C(=O)NCc1ccc(C(=O)c2ccccc2)cc1. The lowest BCUT2D eigenvalue weighted by molar-refractivity contribution is -0.135. The van der Waals surface area contributed by atoms with Crippen molar-refractivity contribution in [3.05, 3.63) is 125 Å². The smallest absolute Gasteiger partial charge is 0.243 e. The van der Waals surface area contributed by atoms with Gasteiger partial charge in [0, 0.05) is 63.0 Å². The number of imidazole rings is 1. The number of hydrogen-bond donors (Lipinski definition) is 5. The van der Waals surface area contributed by atoms with Crippen molar-refractivity contribution >= 4 is 23.5 Å². The minimum absolute atomic E-state index is 0.0943. The van der Waals surface area contributed by atoms with Crippen LogP contribution in [0.2, 0.25) is 0 Å². The molecule has 0 bridgehead atoms. The van der Waals surface area contributed by atoms with E-state index in [1.165, 1.54) is 4.90 Å². The number of nitrogens with two attached hydrogens (primary N) is 3. The lowest BCUT2D eigenvalue weighted by Gasteiger charge is -2.24. The third-order valence-electron chi connectivity index (χ3n) is 7.54. The van der Waals surface area contributed by atoms with Gasteiger partial charge in [-0.15, -0.1) is 0 Å². The zero-order valence-electron chi connectivity index (χ0n) is 26.3. The molecule has 1 aromatic heterocycles. The molecule has 12 heteroatoms. The van der Waals surface area contributed by atoms with Gasteiger partial charge in [0.15, 0.2) is 5.78 Å². The van der Waals surface area contributed by atoms with E-state index in [4.69, 9.17) is 17.2 Å². The first kappa shape index (κ1) is 34.7. The summed E-state index contributed by atoms with van der Waals surface area (Å²) >= 11 is 0. The second kappa shape index (κ2) is 17.5. The maximum Gasteiger partial charge on any atom is 0.243 e. The molecule has 47 heavy (non-hydrogen) atoms. The number of hydrogen-bond acceptors (Lipinski definition) is 8. The Kier molecular flexibility index (Phi) is 12.9. The lowest BCUT2D eigenvalue weighted by Crippen LogP contribution is -2.53. The predicted molar refractivity (Wildman–Crippen MR) is 179 cm³/mol. The van der Waals surface area contributed by atoms with Crippen LogP contribution in [-0.2, 0) is 33.9 Å². The number of ketones is 1. The second-order valence-corrected chi connectivity index (χ2v) is 11.2. The topological polar surface area (TPSA) is 191 Å². The first-order valence-corrected chi connectivity index (χ1v) is 15.5. The van der Waals surface area contributed by atoms with Gasteiger partial charge in [-0.2, -0.15) is 0 Å². The van der Waals surface area contributed by atoms with E-state index < -0.39 is 23.9 Å². The van der Waals surface area contributed by atoms with Gasteiger partial charge < -0.3 is 37.3 Å². The summed E-state index contributed by atoms with van der Waals surface area (Å²) in [6.07, 6.45) is 3.32. The van der Waals surface area contributed by atoms with Crippen molar-refractivity contribution in [1.82, 2.24) is 25.1 Å². The van der Waals surface area contributed by atoms with Gasteiger partial charge in [-0.1, -0.05) is 84.9 Å². The van der Waals surface area contributed by atoms with E-state index in [1.54, 1.807) is 42.7 Å². The van der Waals surface area contributed by atoms with Crippen LogP contribution in [0, 0.1) is 0 Å². The summed E-state index contributed by atoms with van der Waals surface area (Å²) in [5.74, 6) is -1.55. The molecule has 4 aromatic rings. The van der Waals surface area contributed by atoms with E-state index in [0.29, 0.717) is 36.5 Å². The molecular weight excluding hydrogens is 596 g/mol. The van der Waals surface area contributed by atoms with Gasteiger partial charge in [0.1, 0.15) is 6.04 Å². The average Bonchev–Trinajstić information content (AvgIpc) is 3.53. The standard InChI is InChI=1S/C35H42N8O4/c36-15-17-43(18-16-37)32(44)20-30(38)34(46)41-31(19-29-23-42(24-40-29)22-26-7-3-1-4-8-26)35(47)39-21-25-11-13-28(14-12-25)33(45)27-9-5-2-6-10-27/h1-14,23-24,30-31H,15-22,36-38H2,(H,39,47)(H,41,46). The maximum atomic E-state index is 13.5. The van der Waals surface area contributed by atoms with Crippen molar-refractivity contribution in [1.29, 1.82) is 0 Å². The minimum atomic E-state index is -1.19. The number of aromatic nitrogens is 2. The fourth-order valence-corrected chi connectivity index (χ4v) is 5.02. The highest BCUT2D eigenvalue weighted by Crippen LogP contribution is 2.12. The Bertz CT molecular complexity index is 1600. The summed E-state index contributed by atoms with van der Waals surface area (Å²) in [7, 11) is 0. The van der Waals surface area contributed by atoms with E-state index in [2.05, 4.69) is 15.6 Å². The second-order valence-electron chi connectivity index (χ2n) is 11.2. The van der Waals surface area contributed by atoms with Crippen molar-refractivity contribution < 1.29 is 19.2 Å². The Morgan fingerprint density at radius 3 is 2.04 bits per heavy atom. The summed E-state index contributed by atoms with van der Waals surface area (Å²) in [6, 6.07) is 23.6. The van der Waals surface area contributed by atoms with Gasteiger partial charge in [-0.3, -0.25) is 19.2 Å². The number of nitrogens with one attached hydrogen (secondary N) is 2. The van der Waals surface area contributed by atoms with Crippen LogP contribution in [0.4, 0.5) is 0 Å². The molecule has 2 unspecified atom stereocenters. The third kappa shape index (κ3) is 10.4. The van der Waals surface area contributed by atoms with Crippen LogP contribution >= 0.6 is 0 Å². The Balaban J connectivity index is 1.43. The number of rotatable bonds is 17. The zero-order chi connectivity index (χ0) is 33.6. The Morgan fingerprint density at radius 2 is 1.40 bits per heavy atom. The summed E-state index contributed by atoms with van der Waals surface area (Å²) in [4.78, 5) is 58.1. The van der Waals surface area contributed by atoms with E-state index in [1.807, 2.05) is 59.3 Å². The molecule has 0 aliphatic carbocycles. The Labute approximate surface area is 274 Å². The molecule has 8 N–H and O–H groups in total. The highest BCUT2D eigenvalue weighted by atomic mass is 16.2. The molecule has 0 aliphatic heterocycles. The van der Waals surface area contributed by atoms with Gasteiger partial charge in [0.05, 0.1) is 24.5 Å². The van der Waals surface area contributed by atoms with Crippen molar-refractivity contribution in [2.24, 2.45) is 17.2 Å². The average molecular weight is 639 g/mol. The van der Waals surface area contributed by atoms with Gasteiger partial charge in [-0.25, -0.2) is 4.98 Å². The number of carbonyl (C=O) groups is 4. The molecule has 0 saturated carbocycles. The highest BCUT2D eigenvalue weighted by Gasteiger charge is 2.27. The maximum absolute atomic E-state index is 13.5. The van der Waals surface area contributed by atoms with E-state index in [-0.39, 0.29) is 44.2 Å². The van der Waals surface area contributed by atoms with Crippen LogP contribution < -0.4 is 27.8 Å². The van der Waals surface area contributed by atoms with E-state index in [9.17, 15) is 19.2 Å². The Hall–Kier alpha value is -5.17. The number of amides is 3. The van der Waals surface area contributed by atoms with Crippen LogP contribution in [0.1, 0.15) is 39.2 Å². The normalized spacial score (nSPS) is 12.1. The number of nitrogens with zero attached hydrogens (tertiary/aromatic N) is 3. The molecule has 0 spiro atoms. The predicted octanol–water partition coefficient (Wildman–Crippen LogP) is 0.970. The summed E-state index contributed by atoms with van der Waals surface area (Å²) in [6.45, 7) is 1.84. The molecule has 3 amide bonds.